The number of hydrogen-bond acceptors (Lipinski definition) is 14. The number of nitrogens with zero attached hydrogens (tertiary/aromatic N) is 8. The number of aliphatic hydroxyl groups excluding tert-OH is 1. The monoisotopic (exact) mass is 911 g/mol. The van der Waals surface area contributed by atoms with E-state index in [4.69, 9.17) is 31.0 Å². The second kappa shape index (κ2) is 18.4. The summed E-state index contributed by atoms with van der Waals surface area (Å²) in [7, 11) is 1.52. The van der Waals surface area contributed by atoms with Crippen LogP contribution >= 0.6 is 11.6 Å². The summed E-state index contributed by atoms with van der Waals surface area (Å²) in [5.74, 6) is 1.32. The minimum absolute atomic E-state index is 0.0931. The fraction of sp³-hybridized carbons (Fsp3) is 0.543. The van der Waals surface area contributed by atoms with Crippen LogP contribution in [0, 0.1) is 0 Å². The van der Waals surface area contributed by atoms with Gasteiger partial charge >= 0.3 is 0 Å². The molecule has 65 heavy (non-hydrogen) atoms. The van der Waals surface area contributed by atoms with Crippen molar-refractivity contribution in [3.63, 3.8) is 0 Å². The third-order valence-corrected chi connectivity index (χ3v) is 14.0. The summed E-state index contributed by atoms with van der Waals surface area (Å²) in [4.78, 5) is 73.5. The fourth-order valence-corrected chi connectivity index (χ4v) is 10.2. The second-order valence-corrected chi connectivity index (χ2v) is 18.6. The van der Waals surface area contributed by atoms with Gasteiger partial charge in [0.05, 0.1) is 47.3 Å². The summed E-state index contributed by atoms with van der Waals surface area (Å²) in [5.41, 5.74) is 2.43. The van der Waals surface area contributed by atoms with E-state index < -0.39 is 12.3 Å². The fourth-order valence-electron chi connectivity index (χ4n) is 10.1. The summed E-state index contributed by atoms with van der Waals surface area (Å²) < 4.78 is 13.9. The first-order valence-electron chi connectivity index (χ1n) is 22.8. The molecule has 9 rings (SSSR count). The maximum Gasteiger partial charge on any atom is 0.293 e. The van der Waals surface area contributed by atoms with Crippen molar-refractivity contribution in [1.82, 2.24) is 40.0 Å². The highest BCUT2D eigenvalue weighted by Gasteiger charge is 2.45. The number of aromatic nitrogens is 4. The van der Waals surface area contributed by atoms with Crippen molar-refractivity contribution in [3.05, 3.63) is 69.2 Å². The summed E-state index contributed by atoms with van der Waals surface area (Å²) in [6.07, 6.45) is 5.37. The molecule has 1 aromatic carbocycles. The first-order valence-corrected chi connectivity index (χ1v) is 23.2. The molecule has 4 atom stereocenters. The molecule has 19 heteroatoms. The van der Waals surface area contributed by atoms with E-state index in [0.717, 1.165) is 80.8 Å². The smallest absolute Gasteiger partial charge is 0.293 e. The zero-order valence-corrected chi connectivity index (χ0v) is 38.3. The number of likely N-dealkylation sites (N-methyl/N-ethyl adjacent to an activating group) is 1. The SMILES string of the molecule is CNC(=O)COc1cc2cc(Nc3nc(N4CCC(OC5CC(N6CCN(c7ccc8c(n7)C(C)N(C7CCC(=O)NC7O)C8=O)[C@H](C)C6)C5)CC4)ncc3Cl)ccc2n(C(C)C)c1=O. The predicted molar refractivity (Wildman–Crippen MR) is 246 cm³/mol. The topological polar surface area (TPSA) is 200 Å². The van der Waals surface area contributed by atoms with Crippen LogP contribution in [-0.4, -0.2) is 135 Å². The minimum atomic E-state index is -1.09. The van der Waals surface area contributed by atoms with Gasteiger partial charge in [-0.1, -0.05) is 11.6 Å². The first-order chi connectivity index (χ1) is 31.3. The number of hydrogen-bond donors (Lipinski definition) is 4. The Morgan fingerprint density at radius 1 is 1.00 bits per heavy atom. The lowest BCUT2D eigenvalue weighted by Gasteiger charge is -2.49. The molecule has 0 radical (unpaired) electrons. The number of aliphatic hydroxyl groups is 1. The normalized spacial score (nSPS) is 25.1. The average molecular weight is 912 g/mol. The molecule has 4 fully saturated rings. The lowest BCUT2D eigenvalue weighted by Crippen LogP contribution is -2.59. The Hall–Kier alpha value is -5.56. The van der Waals surface area contributed by atoms with Crippen LogP contribution in [0.3, 0.4) is 0 Å². The lowest BCUT2D eigenvalue weighted by atomic mass is 9.86. The van der Waals surface area contributed by atoms with Gasteiger partial charge in [-0.3, -0.25) is 24.1 Å². The Morgan fingerprint density at radius 3 is 2.51 bits per heavy atom. The quantitative estimate of drug-likeness (QED) is 0.158. The first kappa shape index (κ1) is 44.6. The van der Waals surface area contributed by atoms with Crippen molar-refractivity contribution in [3.8, 4) is 5.75 Å². The number of rotatable bonds is 12. The molecular weight excluding hydrogens is 854 g/mol. The van der Waals surface area contributed by atoms with Crippen LogP contribution in [0.25, 0.3) is 10.9 Å². The molecule has 0 bridgehead atoms. The van der Waals surface area contributed by atoms with E-state index in [9.17, 15) is 24.3 Å². The van der Waals surface area contributed by atoms with Crippen LogP contribution in [0.15, 0.2) is 47.4 Å². The van der Waals surface area contributed by atoms with E-state index >= 15 is 0 Å². The molecule has 4 aliphatic heterocycles. The summed E-state index contributed by atoms with van der Waals surface area (Å²) in [6, 6.07) is 10.9. The molecule has 4 N–H and O–H groups in total. The number of fused-ring (bicyclic) bond motifs is 2. The highest BCUT2D eigenvalue weighted by molar-refractivity contribution is 6.33. The molecule has 18 nitrogen and oxygen atoms in total. The summed E-state index contributed by atoms with van der Waals surface area (Å²) in [5, 5.41) is 20.1. The van der Waals surface area contributed by atoms with Gasteiger partial charge in [0.2, 0.25) is 11.9 Å². The number of amides is 3. The van der Waals surface area contributed by atoms with Gasteiger partial charge in [0.1, 0.15) is 17.1 Å². The number of piperazine rings is 1. The Morgan fingerprint density at radius 2 is 1.78 bits per heavy atom. The van der Waals surface area contributed by atoms with Crippen LogP contribution in [0.2, 0.25) is 5.02 Å². The highest BCUT2D eigenvalue weighted by Crippen LogP contribution is 2.39. The Labute approximate surface area is 382 Å². The van der Waals surface area contributed by atoms with Gasteiger partial charge in [-0.05, 0) is 96.2 Å². The predicted octanol–water partition coefficient (Wildman–Crippen LogP) is 4.13. The van der Waals surface area contributed by atoms with Gasteiger partial charge in [0.15, 0.2) is 18.2 Å². The number of halogens is 1. The maximum atomic E-state index is 13.4. The van der Waals surface area contributed by atoms with Crippen LogP contribution in [0.4, 0.5) is 23.3 Å². The molecule has 7 heterocycles. The zero-order chi connectivity index (χ0) is 45.7. The molecule has 1 aliphatic carbocycles. The Kier molecular flexibility index (Phi) is 12.6. The number of pyridine rings is 2. The molecule has 3 saturated heterocycles. The van der Waals surface area contributed by atoms with Crippen molar-refractivity contribution in [1.29, 1.82) is 0 Å². The van der Waals surface area contributed by atoms with Crippen molar-refractivity contribution >= 4 is 63.5 Å². The van der Waals surface area contributed by atoms with Gasteiger partial charge in [-0.25, -0.2) is 9.97 Å². The molecule has 3 aromatic heterocycles. The largest absolute Gasteiger partial charge is 0.478 e. The Balaban J connectivity index is 0.753. The number of nitrogens with one attached hydrogen (secondary N) is 3. The molecule has 1 saturated carbocycles. The third-order valence-electron chi connectivity index (χ3n) is 13.7. The minimum Gasteiger partial charge on any atom is -0.478 e. The van der Waals surface area contributed by atoms with Crippen LogP contribution in [0.1, 0.15) is 94.4 Å². The molecule has 346 valence electrons. The van der Waals surface area contributed by atoms with E-state index in [1.807, 2.05) is 51.1 Å². The third kappa shape index (κ3) is 8.92. The molecule has 5 aliphatic rings. The van der Waals surface area contributed by atoms with Crippen molar-refractivity contribution in [2.24, 2.45) is 0 Å². The number of carbonyl (C=O) groups is 3. The molecule has 3 amide bonds. The molecule has 0 spiro atoms. The van der Waals surface area contributed by atoms with E-state index in [-0.39, 0.29) is 72.4 Å². The maximum absolute atomic E-state index is 13.4. The van der Waals surface area contributed by atoms with Gasteiger partial charge in [0, 0.05) is 75.4 Å². The van der Waals surface area contributed by atoms with Gasteiger partial charge in [-0.2, -0.15) is 4.98 Å². The number of carbonyl (C=O) groups excluding carboxylic acids is 3. The average Bonchev–Trinajstić information content (AvgIpc) is 3.52. The zero-order valence-electron chi connectivity index (χ0n) is 37.5. The highest BCUT2D eigenvalue weighted by atomic mass is 35.5. The van der Waals surface area contributed by atoms with Gasteiger partial charge in [-0.15, -0.1) is 0 Å². The standard InChI is InChI=1S/C46H58ClN11O7/c1-25(2)57-35-8-6-29(18-28(35)19-37(45(57)63)64-24-40(60)48-5)50-42-34(47)22-49-46(53-42)54-14-12-31(13-15-54)65-32-20-30(21-32)55-16-17-56(26(3)23-55)38-10-7-33-41(51-38)27(4)58(44(33)62)36-9-11-39(59)52-43(36)61/h6-8,10,18-19,22,25-27,30-32,36,43,61H,9,11-17,20-21,23-24H2,1-5H3,(H,48,60)(H,52,59)(H,49,50,53)/t26-,27?,30?,32?,36?,43?/m1/s1. The van der Waals surface area contributed by atoms with Crippen molar-refractivity contribution < 1.29 is 29.0 Å². The van der Waals surface area contributed by atoms with E-state index in [2.05, 4.69) is 42.6 Å². The number of piperidine rings is 2. The van der Waals surface area contributed by atoms with Crippen molar-refractivity contribution in [2.45, 2.75) is 115 Å². The molecular formula is C46H58ClN11O7. The number of benzene rings is 1. The van der Waals surface area contributed by atoms with Crippen LogP contribution in [0.5, 0.6) is 5.75 Å². The van der Waals surface area contributed by atoms with Gasteiger partial charge < -0.3 is 49.8 Å². The van der Waals surface area contributed by atoms with Crippen LogP contribution < -0.4 is 36.0 Å². The van der Waals surface area contributed by atoms with Crippen LogP contribution in [-0.2, 0) is 14.3 Å². The second-order valence-electron chi connectivity index (χ2n) is 18.2. The van der Waals surface area contributed by atoms with E-state index in [0.29, 0.717) is 40.5 Å². The molecule has 4 aromatic rings. The lowest BCUT2D eigenvalue weighted by molar-refractivity contribution is -0.130. The van der Waals surface area contributed by atoms with Crippen molar-refractivity contribution in [2.75, 3.05) is 61.5 Å². The van der Waals surface area contributed by atoms with E-state index in [1.165, 1.54) is 7.05 Å². The number of anilines is 4. The van der Waals surface area contributed by atoms with E-state index in [1.54, 1.807) is 21.7 Å². The Bertz CT molecular complexity index is 2530. The van der Waals surface area contributed by atoms with Gasteiger partial charge in [0.25, 0.3) is 17.4 Å². The molecule has 3 unspecified atom stereocenters. The summed E-state index contributed by atoms with van der Waals surface area (Å²) in [6.45, 7) is 11.9. The number of ether oxygens (including phenoxy) is 2. The summed E-state index contributed by atoms with van der Waals surface area (Å²) >= 11 is 6.61.